The van der Waals surface area contributed by atoms with Crippen LogP contribution in [0.2, 0.25) is 0 Å². The van der Waals surface area contributed by atoms with Crippen LogP contribution in [0.4, 0.5) is 5.69 Å². The van der Waals surface area contributed by atoms with Gasteiger partial charge in [0.25, 0.3) is 0 Å². The maximum atomic E-state index is 4.58. The predicted molar refractivity (Wildman–Crippen MR) is 83.1 cm³/mol. The Morgan fingerprint density at radius 2 is 1.90 bits per heavy atom. The first-order chi connectivity index (χ1) is 9.74. The minimum absolute atomic E-state index is 1.04. The summed E-state index contributed by atoms with van der Waals surface area (Å²) in [5.74, 6) is 1.04. The molecule has 1 saturated heterocycles. The summed E-state index contributed by atoms with van der Waals surface area (Å²) >= 11 is 0. The van der Waals surface area contributed by atoms with Crippen LogP contribution in [-0.2, 0) is 7.05 Å². The van der Waals surface area contributed by atoms with Gasteiger partial charge in [0, 0.05) is 44.1 Å². The smallest absolute Gasteiger partial charge is 0.105 e. The van der Waals surface area contributed by atoms with Crippen molar-refractivity contribution in [3.05, 3.63) is 36.3 Å². The summed E-state index contributed by atoms with van der Waals surface area (Å²) in [4.78, 5) is 7.03. The molecular weight excluding hydrogens is 248 g/mol. The van der Waals surface area contributed by atoms with Gasteiger partial charge < -0.3 is 14.8 Å². The number of benzene rings is 1. The van der Waals surface area contributed by atoms with Gasteiger partial charge in [-0.2, -0.15) is 0 Å². The normalized spacial score (nSPS) is 16.2. The van der Waals surface area contributed by atoms with Gasteiger partial charge in [-0.1, -0.05) is 12.1 Å². The highest BCUT2D eigenvalue weighted by atomic mass is 15.2. The predicted octanol–water partition coefficient (Wildman–Crippen LogP) is 2.20. The van der Waals surface area contributed by atoms with E-state index in [9.17, 15) is 0 Å². The molecule has 4 heteroatoms. The second-order valence-electron chi connectivity index (χ2n) is 5.42. The summed E-state index contributed by atoms with van der Waals surface area (Å²) in [6, 6.07) is 8.78. The van der Waals surface area contributed by atoms with Crippen LogP contribution in [-0.4, -0.2) is 35.7 Å². The Labute approximate surface area is 120 Å². The van der Waals surface area contributed by atoms with Crippen molar-refractivity contribution in [1.82, 2.24) is 14.9 Å². The number of rotatable bonds is 2. The maximum absolute atomic E-state index is 4.58. The van der Waals surface area contributed by atoms with Crippen molar-refractivity contribution < 1.29 is 0 Å². The third kappa shape index (κ3) is 2.70. The fourth-order valence-corrected chi connectivity index (χ4v) is 2.64. The minimum Gasteiger partial charge on any atom is -0.370 e. The number of imidazole rings is 1. The topological polar surface area (TPSA) is 33.1 Å². The fourth-order valence-electron chi connectivity index (χ4n) is 2.64. The Bertz CT molecular complexity index is 543. The molecule has 20 heavy (non-hydrogen) atoms. The molecule has 106 valence electrons. The van der Waals surface area contributed by atoms with Crippen molar-refractivity contribution in [3.8, 4) is 11.3 Å². The minimum atomic E-state index is 1.04. The molecule has 0 amide bonds. The summed E-state index contributed by atoms with van der Waals surface area (Å²) in [6.45, 7) is 6.45. The zero-order valence-corrected chi connectivity index (χ0v) is 12.3. The fraction of sp³-hybridized carbons (Fsp3) is 0.438. The number of anilines is 1. The monoisotopic (exact) mass is 270 g/mol. The SMILES string of the molecule is Cc1nc(-c2ccc(N3CCCNCC3)cc2)cn1C. The highest BCUT2D eigenvalue weighted by Crippen LogP contribution is 2.23. The van der Waals surface area contributed by atoms with Crippen molar-refractivity contribution in [2.24, 2.45) is 7.05 Å². The molecule has 3 rings (SSSR count). The van der Waals surface area contributed by atoms with Gasteiger partial charge in [0.05, 0.1) is 5.69 Å². The van der Waals surface area contributed by atoms with Crippen LogP contribution >= 0.6 is 0 Å². The van der Waals surface area contributed by atoms with E-state index >= 15 is 0 Å². The van der Waals surface area contributed by atoms with Crippen LogP contribution in [0.1, 0.15) is 12.2 Å². The number of aryl methyl sites for hydroxylation is 2. The first kappa shape index (κ1) is 13.2. The quantitative estimate of drug-likeness (QED) is 0.908. The van der Waals surface area contributed by atoms with Gasteiger partial charge in [-0.15, -0.1) is 0 Å². The lowest BCUT2D eigenvalue weighted by atomic mass is 10.1. The molecule has 0 spiro atoms. The van der Waals surface area contributed by atoms with Crippen molar-refractivity contribution in [2.45, 2.75) is 13.3 Å². The van der Waals surface area contributed by atoms with E-state index in [1.54, 1.807) is 0 Å². The molecule has 0 bridgehead atoms. The third-order valence-corrected chi connectivity index (χ3v) is 3.98. The largest absolute Gasteiger partial charge is 0.370 e. The van der Waals surface area contributed by atoms with Crippen molar-refractivity contribution >= 4 is 5.69 Å². The summed E-state index contributed by atoms with van der Waals surface area (Å²) in [5.41, 5.74) is 3.55. The molecule has 0 saturated carbocycles. The van der Waals surface area contributed by atoms with Gasteiger partial charge >= 0.3 is 0 Å². The summed E-state index contributed by atoms with van der Waals surface area (Å²) in [6.07, 6.45) is 3.29. The average molecular weight is 270 g/mol. The molecule has 0 unspecified atom stereocenters. The highest BCUT2D eigenvalue weighted by molar-refractivity contribution is 5.63. The van der Waals surface area contributed by atoms with Crippen LogP contribution in [0.25, 0.3) is 11.3 Å². The second-order valence-corrected chi connectivity index (χ2v) is 5.42. The summed E-state index contributed by atoms with van der Waals surface area (Å²) < 4.78 is 2.06. The zero-order chi connectivity index (χ0) is 13.9. The van der Waals surface area contributed by atoms with Gasteiger partial charge in [0.1, 0.15) is 5.82 Å². The molecule has 4 nitrogen and oxygen atoms in total. The molecule has 0 radical (unpaired) electrons. The molecule has 1 aromatic heterocycles. The molecule has 1 N–H and O–H groups in total. The van der Waals surface area contributed by atoms with Crippen molar-refractivity contribution in [3.63, 3.8) is 0 Å². The van der Waals surface area contributed by atoms with Gasteiger partial charge in [-0.05, 0) is 32.0 Å². The Morgan fingerprint density at radius 3 is 2.60 bits per heavy atom. The number of nitrogens with one attached hydrogen (secondary N) is 1. The molecule has 1 aliphatic heterocycles. The van der Waals surface area contributed by atoms with E-state index in [1.807, 2.05) is 14.0 Å². The van der Waals surface area contributed by atoms with Crippen LogP contribution in [0.3, 0.4) is 0 Å². The molecule has 2 aromatic rings. The highest BCUT2D eigenvalue weighted by Gasteiger charge is 2.10. The van der Waals surface area contributed by atoms with Gasteiger partial charge in [0.15, 0.2) is 0 Å². The first-order valence-corrected chi connectivity index (χ1v) is 7.30. The molecule has 1 aromatic carbocycles. The van der Waals surface area contributed by atoms with E-state index < -0.39 is 0 Å². The standard InChI is InChI=1S/C16H22N4/c1-13-18-16(12-19(13)2)14-4-6-15(7-5-14)20-10-3-8-17-9-11-20/h4-7,12,17H,3,8-11H2,1-2H3. The number of hydrogen-bond acceptors (Lipinski definition) is 3. The van der Waals surface area contributed by atoms with Gasteiger partial charge in [-0.3, -0.25) is 0 Å². The van der Waals surface area contributed by atoms with Crippen molar-refractivity contribution in [2.75, 3.05) is 31.1 Å². The van der Waals surface area contributed by atoms with Crippen LogP contribution < -0.4 is 10.2 Å². The second kappa shape index (κ2) is 5.67. The molecule has 2 heterocycles. The lowest BCUT2D eigenvalue weighted by molar-refractivity contribution is 0.724. The molecule has 1 fully saturated rings. The Kier molecular flexibility index (Phi) is 3.74. The first-order valence-electron chi connectivity index (χ1n) is 7.30. The number of nitrogens with zero attached hydrogens (tertiary/aromatic N) is 3. The van der Waals surface area contributed by atoms with E-state index in [0.29, 0.717) is 0 Å². The maximum Gasteiger partial charge on any atom is 0.105 e. The van der Waals surface area contributed by atoms with E-state index in [-0.39, 0.29) is 0 Å². The lowest BCUT2D eigenvalue weighted by Gasteiger charge is -2.22. The van der Waals surface area contributed by atoms with E-state index in [1.165, 1.54) is 17.7 Å². The molecule has 0 aliphatic carbocycles. The van der Waals surface area contributed by atoms with Crippen molar-refractivity contribution in [1.29, 1.82) is 0 Å². The Balaban J connectivity index is 1.80. The Morgan fingerprint density at radius 1 is 1.10 bits per heavy atom. The summed E-state index contributed by atoms with van der Waals surface area (Å²) in [5, 5.41) is 3.44. The lowest BCUT2D eigenvalue weighted by Crippen LogP contribution is -2.27. The zero-order valence-electron chi connectivity index (χ0n) is 12.3. The van der Waals surface area contributed by atoms with E-state index in [0.717, 1.165) is 37.7 Å². The van der Waals surface area contributed by atoms with E-state index in [4.69, 9.17) is 0 Å². The van der Waals surface area contributed by atoms with Gasteiger partial charge in [0.2, 0.25) is 0 Å². The molecule has 0 atom stereocenters. The molecule has 1 aliphatic rings. The summed E-state index contributed by atoms with van der Waals surface area (Å²) in [7, 11) is 2.03. The molecular formula is C16H22N4. The van der Waals surface area contributed by atoms with Crippen LogP contribution in [0, 0.1) is 6.92 Å². The number of hydrogen-bond donors (Lipinski definition) is 1. The van der Waals surface area contributed by atoms with E-state index in [2.05, 4.69) is 50.2 Å². The third-order valence-electron chi connectivity index (χ3n) is 3.98. The Hall–Kier alpha value is -1.81. The number of aromatic nitrogens is 2. The van der Waals surface area contributed by atoms with Crippen LogP contribution in [0.15, 0.2) is 30.5 Å². The average Bonchev–Trinajstić information content (AvgIpc) is 2.70. The van der Waals surface area contributed by atoms with Crippen LogP contribution in [0.5, 0.6) is 0 Å². The van der Waals surface area contributed by atoms with Gasteiger partial charge in [-0.25, -0.2) is 4.98 Å².